The van der Waals surface area contributed by atoms with Crippen LogP contribution in [0.3, 0.4) is 0 Å². The summed E-state index contributed by atoms with van der Waals surface area (Å²) < 4.78 is 5.13. The molecule has 0 heterocycles. The lowest BCUT2D eigenvalue weighted by molar-refractivity contribution is -0.140. The average molecular weight is 415 g/mol. The van der Waals surface area contributed by atoms with Crippen LogP contribution in [0.5, 0.6) is 0 Å². The molecule has 0 saturated heterocycles. The minimum Gasteiger partial charge on any atom is -0.383 e. The summed E-state index contributed by atoms with van der Waals surface area (Å²) in [6, 6.07) is 6.37. The van der Waals surface area contributed by atoms with E-state index < -0.39 is 6.04 Å². The Morgan fingerprint density at radius 2 is 2.00 bits per heavy atom. The van der Waals surface area contributed by atoms with Gasteiger partial charge in [0, 0.05) is 30.3 Å². The topological polar surface area (TPSA) is 58.6 Å². The Kier molecular flexibility index (Phi) is 8.87. The van der Waals surface area contributed by atoms with Crippen molar-refractivity contribution in [2.24, 2.45) is 5.92 Å². The lowest BCUT2D eigenvalue weighted by Gasteiger charge is -2.35. The van der Waals surface area contributed by atoms with Crippen LogP contribution in [0, 0.1) is 5.92 Å². The van der Waals surface area contributed by atoms with Crippen LogP contribution in [-0.4, -0.2) is 48.9 Å². The lowest BCUT2D eigenvalue weighted by atomic mass is 9.85. The number of benzene rings is 1. The molecule has 2 rings (SSSR count). The fourth-order valence-corrected chi connectivity index (χ4v) is 4.00. The van der Waals surface area contributed by atoms with Gasteiger partial charge in [-0.15, -0.1) is 11.6 Å². The number of carbonyl (C=O) groups is 2. The van der Waals surface area contributed by atoms with Gasteiger partial charge in [-0.05, 0) is 24.8 Å². The minimum atomic E-state index is -0.839. The average Bonchev–Trinajstić information content (AvgIpc) is 2.67. The van der Waals surface area contributed by atoms with Crippen LogP contribution >= 0.6 is 23.2 Å². The lowest BCUT2D eigenvalue weighted by Crippen LogP contribution is -2.50. The zero-order valence-electron chi connectivity index (χ0n) is 15.9. The molecule has 0 bridgehead atoms. The Morgan fingerprint density at radius 1 is 1.30 bits per heavy atom. The van der Waals surface area contributed by atoms with Crippen molar-refractivity contribution in [1.82, 2.24) is 10.2 Å². The van der Waals surface area contributed by atoms with E-state index >= 15 is 0 Å². The van der Waals surface area contributed by atoms with Crippen LogP contribution in [0.4, 0.5) is 0 Å². The molecule has 1 saturated carbocycles. The number of nitrogens with one attached hydrogen (secondary N) is 1. The third kappa shape index (κ3) is 5.84. The van der Waals surface area contributed by atoms with Crippen molar-refractivity contribution < 1.29 is 14.3 Å². The number of rotatable bonds is 8. The van der Waals surface area contributed by atoms with Crippen molar-refractivity contribution in [1.29, 1.82) is 0 Å². The predicted octanol–water partition coefficient (Wildman–Crippen LogP) is 3.79. The molecule has 0 radical (unpaired) electrons. The predicted molar refractivity (Wildman–Crippen MR) is 108 cm³/mol. The van der Waals surface area contributed by atoms with Crippen LogP contribution in [0.15, 0.2) is 24.3 Å². The normalized spacial score (nSPS) is 20.7. The smallest absolute Gasteiger partial charge is 0.247 e. The number of amides is 2. The van der Waals surface area contributed by atoms with Gasteiger partial charge in [-0.2, -0.15) is 0 Å². The highest BCUT2D eigenvalue weighted by Crippen LogP contribution is 2.30. The maximum Gasteiger partial charge on any atom is 0.247 e. The van der Waals surface area contributed by atoms with Gasteiger partial charge in [0.15, 0.2) is 0 Å². The summed E-state index contributed by atoms with van der Waals surface area (Å²) in [5.41, 5.74) is 0.592. The molecule has 2 amide bonds. The number of halogens is 2. The molecule has 1 fully saturated rings. The molecule has 1 aliphatic carbocycles. The second kappa shape index (κ2) is 10.9. The van der Waals surface area contributed by atoms with Gasteiger partial charge in [0.05, 0.1) is 6.61 Å². The van der Waals surface area contributed by atoms with Gasteiger partial charge in [0.25, 0.3) is 0 Å². The van der Waals surface area contributed by atoms with Gasteiger partial charge in [-0.3, -0.25) is 9.59 Å². The Morgan fingerprint density at radius 3 is 2.63 bits per heavy atom. The Bertz CT molecular complexity index is 641. The van der Waals surface area contributed by atoms with E-state index in [0.29, 0.717) is 23.1 Å². The van der Waals surface area contributed by atoms with Crippen molar-refractivity contribution in [3.63, 3.8) is 0 Å². The molecule has 27 heavy (non-hydrogen) atoms. The third-order valence-electron chi connectivity index (χ3n) is 5.17. The Hall–Kier alpha value is -1.30. The number of hydrogen-bond acceptors (Lipinski definition) is 3. The molecule has 3 unspecified atom stereocenters. The maximum atomic E-state index is 13.3. The molecule has 0 aliphatic heterocycles. The number of hydrogen-bond donors (Lipinski definition) is 1. The van der Waals surface area contributed by atoms with Gasteiger partial charge < -0.3 is 15.0 Å². The first-order valence-corrected chi connectivity index (χ1v) is 10.3. The highest BCUT2D eigenvalue weighted by molar-refractivity contribution is 6.31. The monoisotopic (exact) mass is 414 g/mol. The summed E-state index contributed by atoms with van der Waals surface area (Å²) in [7, 11) is 1.55. The van der Waals surface area contributed by atoms with Crippen LogP contribution in [0.2, 0.25) is 5.02 Å². The zero-order valence-corrected chi connectivity index (χ0v) is 17.4. The highest BCUT2D eigenvalue weighted by atomic mass is 35.5. The van der Waals surface area contributed by atoms with Crippen LogP contribution in [0.25, 0.3) is 0 Å². The van der Waals surface area contributed by atoms with Gasteiger partial charge in [0.2, 0.25) is 11.8 Å². The second-order valence-corrected chi connectivity index (χ2v) is 7.69. The van der Waals surface area contributed by atoms with Gasteiger partial charge in [-0.1, -0.05) is 49.6 Å². The van der Waals surface area contributed by atoms with E-state index in [0.717, 1.165) is 19.3 Å². The number of methoxy groups -OCH3 is 1. The molecule has 1 N–H and O–H groups in total. The molecule has 150 valence electrons. The second-order valence-electron chi connectivity index (χ2n) is 7.01. The molecule has 1 aromatic carbocycles. The highest BCUT2D eigenvalue weighted by Gasteiger charge is 2.34. The molecule has 1 aromatic rings. The Balaban J connectivity index is 2.34. The van der Waals surface area contributed by atoms with E-state index in [1.165, 1.54) is 11.3 Å². The van der Waals surface area contributed by atoms with E-state index in [1.54, 1.807) is 25.3 Å². The van der Waals surface area contributed by atoms with Crippen LogP contribution < -0.4 is 5.32 Å². The van der Waals surface area contributed by atoms with Crippen LogP contribution in [0.1, 0.15) is 44.2 Å². The standard InChI is InChI=1S/C20H28Cl2N2O3/c1-14-7-3-6-10-17(14)23-20(26)19(15-8-4-5-9-16(15)22)24(11-12-27-2)18(25)13-21/h4-5,8-9,14,17,19H,3,6-7,10-13H2,1-2H3,(H,23,26). The largest absolute Gasteiger partial charge is 0.383 e. The first kappa shape index (κ1) is 22.0. The van der Waals surface area contributed by atoms with Crippen molar-refractivity contribution >= 4 is 35.0 Å². The van der Waals surface area contributed by atoms with E-state index in [1.807, 2.05) is 6.07 Å². The van der Waals surface area contributed by atoms with E-state index in [9.17, 15) is 9.59 Å². The molecular weight excluding hydrogens is 387 g/mol. The molecular formula is C20H28Cl2N2O3. The number of ether oxygens (including phenoxy) is 1. The quantitative estimate of drug-likeness (QED) is 0.658. The number of alkyl halides is 1. The molecule has 0 aromatic heterocycles. The van der Waals surface area contributed by atoms with E-state index in [-0.39, 0.29) is 30.3 Å². The molecule has 0 spiro atoms. The third-order valence-corrected chi connectivity index (χ3v) is 5.74. The first-order chi connectivity index (χ1) is 13.0. The summed E-state index contributed by atoms with van der Waals surface area (Å²) in [6.45, 7) is 2.71. The fourth-order valence-electron chi connectivity index (χ4n) is 3.60. The summed E-state index contributed by atoms with van der Waals surface area (Å²) in [4.78, 5) is 27.3. The summed E-state index contributed by atoms with van der Waals surface area (Å²) in [5.74, 6) is -0.356. The molecule has 1 aliphatic rings. The van der Waals surface area contributed by atoms with Crippen molar-refractivity contribution in [3.05, 3.63) is 34.9 Å². The maximum absolute atomic E-state index is 13.3. The van der Waals surface area contributed by atoms with E-state index in [2.05, 4.69) is 12.2 Å². The zero-order chi connectivity index (χ0) is 19.8. The van der Waals surface area contributed by atoms with Crippen molar-refractivity contribution in [3.8, 4) is 0 Å². The summed E-state index contributed by atoms with van der Waals surface area (Å²) in [5, 5.41) is 3.60. The van der Waals surface area contributed by atoms with Gasteiger partial charge in [-0.25, -0.2) is 0 Å². The fraction of sp³-hybridized carbons (Fsp3) is 0.600. The molecule has 3 atom stereocenters. The van der Waals surface area contributed by atoms with Gasteiger partial charge >= 0.3 is 0 Å². The van der Waals surface area contributed by atoms with Gasteiger partial charge in [0.1, 0.15) is 11.9 Å². The van der Waals surface area contributed by atoms with Crippen molar-refractivity contribution in [2.75, 3.05) is 26.1 Å². The van der Waals surface area contributed by atoms with Crippen molar-refractivity contribution in [2.45, 2.75) is 44.7 Å². The number of nitrogens with zero attached hydrogens (tertiary/aromatic N) is 1. The van der Waals surface area contributed by atoms with E-state index in [4.69, 9.17) is 27.9 Å². The summed E-state index contributed by atoms with van der Waals surface area (Å²) >= 11 is 12.2. The minimum absolute atomic E-state index is 0.103. The summed E-state index contributed by atoms with van der Waals surface area (Å²) in [6.07, 6.45) is 4.33. The SMILES string of the molecule is COCCN(C(=O)CCl)C(C(=O)NC1CCCCC1C)c1ccccc1Cl. The van der Waals surface area contributed by atoms with Crippen LogP contribution in [-0.2, 0) is 14.3 Å². The molecule has 5 nitrogen and oxygen atoms in total. The Labute approximate surface area is 171 Å². The first-order valence-electron chi connectivity index (χ1n) is 9.38. The molecule has 7 heteroatoms. The number of carbonyl (C=O) groups excluding carboxylic acids is 2.